The molecule has 0 saturated heterocycles. The third-order valence-electron chi connectivity index (χ3n) is 3.05. The van der Waals surface area contributed by atoms with Crippen molar-refractivity contribution in [3.63, 3.8) is 0 Å². The van der Waals surface area contributed by atoms with E-state index in [2.05, 4.69) is 26.2 Å². The Balaban J connectivity index is 2.06. The summed E-state index contributed by atoms with van der Waals surface area (Å²) in [5.41, 5.74) is 0.350. The molecule has 0 atom stereocenters. The van der Waals surface area contributed by atoms with Gasteiger partial charge in [-0.2, -0.15) is 0 Å². The number of benzene rings is 1. The summed E-state index contributed by atoms with van der Waals surface area (Å²) in [5.74, 6) is 0.852. The minimum atomic E-state index is -0.654. The first kappa shape index (κ1) is 17.9. The van der Waals surface area contributed by atoms with Gasteiger partial charge in [0.2, 0.25) is 0 Å². The Morgan fingerprint density at radius 2 is 2.21 bits per heavy atom. The van der Waals surface area contributed by atoms with E-state index in [1.165, 1.54) is 19.2 Å². The number of halogens is 2. The summed E-state index contributed by atoms with van der Waals surface area (Å²) in [4.78, 5) is 25.8. The lowest BCUT2D eigenvalue weighted by Gasteiger charge is -2.09. The Hall–Kier alpha value is -2.41. The largest absolute Gasteiger partial charge is 0.467 e. The molecule has 0 spiro atoms. The first-order chi connectivity index (χ1) is 11.5. The average Bonchev–Trinajstić information content (AvgIpc) is 3.01. The standard InChI is InChI=1S/C16H14BrFN2O4/c1-23-9-24-12-2-3-13(14(18)5-12)10(8-21)6-20-16(22)15-4-11(17)7-19-15/h2-5,7,19H,6,9H2,1H3,(H,20,22). The Kier molecular flexibility index (Phi) is 6.31. The molecule has 1 aromatic heterocycles. The summed E-state index contributed by atoms with van der Waals surface area (Å²) < 4.78 is 24.7. The maximum absolute atomic E-state index is 14.1. The lowest BCUT2D eigenvalue weighted by atomic mass is 10.1. The molecule has 0 aliphatic carbocycles. The zero-order valence-electron chi connectivity index (χ0n) is 12.7. The molecule has 0 fully saturated rings. The molecule has 126 valence electrons. The first-order valence-electron chi connectivity index (χ1n) is 6.83. The number of aromatic amines is 1. The summed E-state index contributed by atoms with van der Waals surface area (Å²) in [6, 6.07) is 5.61. The molecule has 0 bridgehead atoms. The van der Waals surface area contributed by atoms with Gasteiger partial charge in [0, 0.05) is 29.4 Å². The molecular formula is C16H14BrFN2O4. The maximum Gasteiger partial charge on any atom is 0.268 e. The number of rotatable bonds is 7. The van der Waals surface area contributed by atoms with Gasteiger partial charge < -0.3 is 19.8 Å². The monoisotopic (exact) mass is 396 g/mol. The van der Waals surface area contributed by atoms with Crippen LogP contribution < -0.4 is 10.1 Å². The Morgan fingerprint density at radius 3 is 2.79 bits per heavy atom. The van der Waals surface area contributed by atoms with Crippen molar-refractivity contribution in [2.45, 2.75) is 0 Å². The molecule has 8 heteroatoms. The van der Waals surface area contributed by atoms with Crippen LogP contribution in [0, 0.1) is 5.82 Å². The van der Waals surface area contributed by atoms with Crippen molar-refractivity contribution < 1.29 is 23.5 Å². The molecule has 2 aromatic rings. The van der Waals surface area contributed by atoms with Crippen LogP contribution in [-0.2, 0) is 9.53 Å². The summed E-state index contributed by atoms with van der Waals surface area (Å²) in [7, 11) is 1.45. The number of ether oxygens (including phenoxy) is 2. The minimum Gasteiger partial charge on any atom is -0.467 e. The van der Waals surface area contributed by atoms with Gasteiger partial charge in [-0.25, -0.2) is 9.18 Å². The minimum absolute atomic E-state index is 0.00948. The van der Waals surface area contributed by atoms with Crippen LogP contribution >= 0.6 is 15.9 Å². The number of methoxy groups -OCH3 is 1. The molecule has 6 nitrogen and oxygen atoms in total. The zero-order chi connectivity index (χ0) is 17.5. The van der Waals surface area contributed by atoms with Crippen molar-refractivity contribution in [3.05, 3.63) is 52.0 Å². The Bertz CT molecular complexity index is 784. The number of carbonyl (C=O) groups is 1. The highest BCUT2D eigenvalue weighted by Crippen LogP contribution is 2.21. The topological polar surface area (TPSA) is 80.4 Å². The number of hydrogen-bond donors (Lipinski definition) is 2. The van der Waals surface area contributed by atoms with E-state index < -0.39 is 11.7 Å². The predicted octanol–water partition coefficient (Wildman–Crippen LogP) is 2.54. The molecule has 2 rings (SSSR count). The molecule has 0 unspecified atom stereocenters. The average molecular weight is 397 g/mol. The van der Waals surface area contributed by atoms with Gasteiger partial charge in [-0.3, -0.25) is 4.79 Å². The molecule has 0 aliphatic rings. The Morgan fingerprint density at radius 1 is 1.42 bits per heavy atom. The van der Waals surface area contributed by atoms with Gasteiger partial charge in [0.05, 0.1) is 12.1 Å². The van der Waals surface area contributed by atoms with Gasteiger partial charge >= 0.3 is 0 Å². The summed E-state index contributed by atoms with van der Waals surface area (Å²) in [5, 5.41) is 2.53. The number of carbonyl (C=O) groups excluding carboxylic acids is 2. The summed E-state index contributed by atoms with van der Waals surface area (Å²) in [6.45, 7) is -0.176. The fourth-order valence-corrected chi connectivity index (χ4v) is 2.25. The van der Waals surface area contributed by atoms with Crippen LogP contribution in [-0.4, -0.2) is 37.3 Å². The number of hydrogen-bond acceptors (Lipinski definition) is 4. The van der Waals surface area contributed by atoms with Crippen LogP contribution in [0.25, 0.3) is 5.57 Å². The second kappa shape index (κ2) is 8.44. The van der Waals surface area contributed by atoms with E-state index in [9.17, 15) is 14.0 Å². The lowest BCUT2D eigenvalue weighted by molar-refractivity contribution is 0.0509. The van der Waals surface area contributed by atoms with Gasteiger partial charge in [0.1, 0.15) is 23.2 Å². The fourth-order valence-electron chi connectivity index (χ4n) is 1.91. The van der Waals surface area contributed by atoms with Gasteiger partial charge in [-0.1, -0.05) is 0 Å². The van der Waals surface area contributed by atoms with Crippen LogP contribution in [0.4, 0.5) is 4.39 Å². The molecule has 0 saturated carbocycles. The van der Waals surface area contributed by atoms with Crippen LogP contribution in [0.1, 0.15) is 16.1 Å². The van der Waals surface area contributed by atoms with Crippen molar-refractivity contribution in [2.24, 2.45) is 0 Å². The van der Waals surface area contributed by atoms with Gasteiger partial charge in [-0.05, 0) is 34.1 Å². The van der Waals surface area contributed by atoms with E-state index in [0.717, 1.165) is 10.5 Å². The third kappa shape index (κ3) is 4.55. The number of aromatic nitrogens is 1. The highest BCUT2D eigenvalue weighted by Gasteiger charge is 2.13. The molecule has 1 heterocycles. The second-order valence-corrected chi connectivity index (χ2v) is 5.60. The molecular weight excluding hydrogens is 383 g/mol. The van der Waals surface area contributed by atoms with Crippen LogP contribution in [0.15, 0.2) is 34.9 Å². The van der Waals surface area contributed by atoms with Gasteiger partial charge in [-0.15, -0.1) is 0 Å². The van der Waals surface area contributed by atoms with E-state index >= 15 is 0 Å². The SMILES string of the molecule is COCOc1ccc(C(=C=O)CNC(=O)c2cc(Br)c[nH]2)c(F)c1. The van der Waals surface area contributed by atoms with Gasteiger partial charge in [0.15, 0.2) is 6.79 Å². The quantitative estimate of drug-likeness (QED) is 0.556. The highest BCUT2D eigenvalue weighted by molar-refractivity contribution is 9.10. The summed E-state index contributed by atoms with van der Waals surface area (Å²) in [6.07, 6.45) is 1.60. The molecule has 0 radical (unpaired) electrons. The maximum atomic E-state index is 14.1. The Labute approximate surface area is 145 Å². The zero-order valence-corrected chi connectivity index (χ0v) is 14.3. The molecule has 24 heavy (non-hydrogen) atoms. The molecule has 0 aliphatic heterocycles. The third-order valence-corrected chi connectivity index (χ3v) is 3.51. The molecule has 1 amide bonds. The van der Waals surface area contributed by atoms with Crippen LogP contribution in [0.5, 0.6) is 5.75 Å². The van der Waals surface area contributed by atoms with Crippen molar-refractivity contribution in [1.82, 2.24) is 10.3 Å². The molecule has 2 N–H and O–H groups in total. The first-order valence-corrected chi connectivity index (χ1v) is 7.62. The van der Waals surface area contributed by atoms with Gasteiger partial charge in [0.25, 0.3) is 5.91 Å². The second-order valence-electron chi connectivity index (χ2n) is 4.69. The predicted molar refractivity (Wildman–Crippen MR) is 88.8 cm³/mol. The van der Waals surface area contributed by atoms with E-state index in [-0.39, 0.29) is 30.2 Å². The van der Waals surface area contributed by atoms with Crippen LogP contribution in [0.3, 0.4) is 0 Å². The van der Waals surface area contributed by atoms with Crippen LogP contribution in [0.2, 0.25) is 0 Å². The number of H-pyrrole nitrogens is 1. The summed E-state index contributed by atoms with van der Waals surface area (Å²) >= 11 is 3.22. The van der Waals surface area contributed by atoms with E-state index in [4.69, 9.17) is 9.47 Å². The van der Waals surface area contributed by atoms with Crippen molar-refractivity contribution >= 4 is 33.4 Å². The van der Waals surface area contributed by atoms with E-state index in [1.807, 2.05) is 0 Å². The van der Waals surface area contributed by atoms with E-state index in [0.29, 0.717) is 5.69 Å². The van der Waals surface area contributed by atoms with Crippen molar-refractivity contribution in [3.8, 4) is 5.75 Å². The molecule has 1 aromatic carbocycles. The number of amides is 1. The van der Waals surface area contributed by atoms with Crippen molar-refractivity contribution in [2.75, 3.05) is 20.4 Å². The fraction of sp³-hybridized carbons (Fsp3) is 0.188. The smallest absolute Gasteiger partial charge is 0.268 e. The number of nitrogens with one attached hydrogen (secondary N) is 2. The highest BCUT2D eigenvalue weighted by atomic mass is 79.9. The lowest BCUT2D eigenvalue weighted by Crippen LogP contribution is -2.25. The normalized spacial score (nSPS) is 10.1. The van der Waals surface area contributed by atoms with Crippen molar-refractivity contribution in [1.29, 1.82) is 0 Å². The van der Waals surface area contributed by atoms with E-state index in [1.54, 1.807) is 18.2 Å².